The van der Waals surface area contributed by atoms with E-state index >= 15 is 0 Å². The van der Waals surface area contributed by atoms with E-state index in [0.717, 1.165) is 6.42 Å². The lowest BCUT2D eigenvalue weighted by molar-refractivity contribution is 0.134. The van der Waals surface area contributed by atoms with Crippen LogP contribution in [0, 0.1) is 5.82 Å². The fraction of sp³-hybridized carbons (Fsp3) is 0.500. The van der Waals surface area contributed by atoms with Crippen LogP contribution in [0.1, 0.15) is 31.4 Å². The first kappa shape index (κ1) is 12.9. The molecular formula is C12H18FNO2. The SMILES string of the molecule is CCC[C@H](O)[C@H](N)c1ccc(F)c(OC)c1. The van der Waals surface area contributed by atoms with Gasteiger partial charge in [0.05, 0.1) is 19.3 Å². The van der Waals surface area contributed by atoms with Gasteiger partial charge in [0.15, 0.2) is 11.6 Å². The monoisotopic (exact) mass is 227 g/mol. The quantitative estimate of drug-likeness (QED) is 0.808. The van der Waals surface area contributed by atoms with Crippen LogP contribution in [0.4, 0.5) is 4.39 Å². The van der Waals surface area contributed by atoms with Crippen LogP contribution in [0.15, 0.2) is 18.2 Å². The summed E-state index contributed by atoms with van der Waals surface area (Å²) in [6.07, 6.45) is 0.869. The zero-order chi connectivity index (χ0) is 12.1. The predicted octanol–water partition coefficient (Wildman–Crippen LogP) is 2.00. The smallest absolute Gasteiger partial charge is 0.165 e. The maximum atomic E-state index is 13.2. The second-order valence-electron chi connectivity index (χ2n) is 3.78. The van der Waals surface area contributed by atoms with E-state index in [9.17, 15) is 9.50 Å². The zero-order valence-corrected chi connectivity index (χ0v) is 9.61. The van der Waals surface area contributed by atoms with Crippen molar-refractivity contribution >= 4 is 0 Å². The van der Waals surface area contributed by atoms with E-state index in [1.807, 2.05) is 6.92 Å². The molecule has 16 heavy (non-hydrogen) atoms. The summed E-state index contributed by atoms with van der Waals surface area (Å²) in [5.41, 5.74) is 6.55. The van der Waals surface area contributed by atoms with Crippen LogP contribution in [0.3, 0.4) is 0 Å². The lowest BCUT2D eigenvalue weighted by Crippen LogP contribution is -2.26. The van der Waals surface area contributed by atoms with Gasteiger partial charge in [0.1, 0.15) is 0 Å². The fourth-order valence-corrected chi connectivity index (χ4v) is 1.58. The summed E-state index contributed by atoms with van der Waals surface area (Å²) in [5.74, 6) is -0.278. The first-order valence-electron chi connectivity index (χ1n) is 5.37. The predicted molar refractivity (Wildman–Crippen MR) is 60.8 cm³/mol. The Morgan fingerprint density at radius 1 is 1.50 bits per heavy atom. The van der Waals surface area contributed by atoms with Crippen molar-refractivity contribution in [1.29, 1.82) is 0 Å². The van der Waals surface area contributed by atoms with E-state index in [4.69, 9.17) is 10.5 Å². The standard InChI is InChI=1S/C12H18FNO2/c1-3-4-10(15)12(14)8-5-6-9(13)11(7-8)16-2/h5-7,10,12,15H,3-4,14H2,1-2H3/t10-,12+/m0/s1. The molecule has 0 aromatic heterocycles. The van der Waals surface area contributed by atoms with E-state index in [2.05, 4.69) is 0 Å². The van der Waals surface area contributed by atoms with Gasteiger partial charge in [-0.1, -0.05) is 19.4 Å². The third kappa shape index (κ3) is 2.93. The molecule has 0 saturated carbocycles. The number of benzene rings is 1. The minimum atomic E-state index is -0.611. The number of aliphatic hydroxyl groups is 1. The molecule has 1 rings (SSSR count). The highest BCUT2D eigenvalue weighted by atomic mass is 19.1. The molecule has 0 fully saturated rings. The summed E-state index contributed by atoms with van der Waals surface area (Å²) >= 11 is 0. The Hall–Kier alpha value is -1.13. The molecule has 3 N–H and O–H groups in total. The first-order chi connectivity index (χ1) is 7.60. The Kier molecular flexibility index (Phi) is 4.71. The molecule has 3 nitrogen and oxygen atoms in total. The molecule has 1 aromatic carbocycles. The molecule has 0 heterocycles. The van der Waals surface area contributed by atoms with Crippen molar-refractivity contribution in [3.63, 3.8) is 0 Å². The molecule has 4 heteroatoms. The maximum absolute atomic E-state index is 13.2. The Balaban J connectivity index is 2.87. The molecule has 90 valence electrons. The second-order valence-corrected chi connectivity index (χ2v) is 3.78. The van der Waals surface area contributed by atoms with Gasteiger partial charge >= 0.3 is 0 Å². The van der Waals surface area contributed by atoms with Gasteiger partial charge in [0.2, 0.25) is 0 Å². The third-order valence-corrected chi connectivity index (χ3v) is 2.56. The number of hydrogen-bond donors (Lipinski definition) is 2. The van der Waals surface area contributed by atoms with E-state index in [1.54, 1.807) is 6.07 Å². The topological polar surface area (TPSA) is 55.5 Å². The number of aliphatic hydroxyl groups excluding tert-OH is 1. The third-order valence-electron chi connectivity index (χ3n) is 2.56. The van der Waals surface area contributed by atoms with Crippen LogP contribution in [0.5, 0.6) is 5.75 Å². The largest absolute Gasteiger partial charge is 0.494 e. The highest BCUT2D eigenvalue weighted by Gasteiger charge is 2.17. The minimum Gasteiger partial charge on any atom is -0.494 e. The van der Waals surface area contributed by atoms with Crippen molar-refractivity contribution in [3.8, 4) is 5.75 Å². The fourth-order valence-electron chi connectivity index (χ4n) is 1.58. The number of rotatable bonds is 5. The molecule has 0 radical (unpaired) electrons. The van der Waals surface area contributed by atoms with Crippen molar-refractivity contribution in [2.45, 2.75) is 31.9 Å². The van der Waals surface area contributed by atoms with E-state index in [-0.39, 0.29) is 5.75 Å². The molecule has 0 amide bonds. The van der Waals surface area contributed by atoms with Crippen LogP contribution in [0.2, 0.25) is 0 Å². The van der Waals surface area contributed by atoms with Gasteiger partial charge in [-0.3, -0.25) is 0 Å². The average molecular weight is 227 g/mol. The average Bonchev–Trinajstić information content (AvgIpc) is 2.29. The van der Waals surface area contributed by atoms with Gasteiger partial charge in [0, 0.05) is 0 Å². The van der Waals surface area contributed by atoms with Crippen molar-refractivity contribution in [2.24, 2.45) is 5.73 Å². The lowest BCUT2D eigenvalue weighted by atomic mass is 9.99. The van der Waals surface area contributed by atoms with Crippen LogP contribution in [-0.2, 0) is 0 Å². The summed E-state index contributed by atoms with van der Waals surface area (Å²) in [4.78, 5) is 0. The first-order valence-corrected chi connectivity index (χ1v) is 5.37. The van der Waals surface area contributed by atoms with Crippen molar-refractivity contribution < 1.29 is 14.2 Å². The van der Waals surface area contributed by atoms with Crippen LogP contribution in [-0.4, -0.2) is 18.3 Å². The highest BCUT2D eigenvalue weighted by molar-refractivity contribution is 5.32. The van der Waals surface area contributed by atoms with Gasteiger partial charge in [-0.15, -0.1) is 0 Å². The molecule has 0 spiro atoms. The Morgan fingerprint density at radius 3 is 2.75 bits per heavy atom. The Bertz CT molecular complexity index is 344. The van der Waals surface area contributed by atoms with E-state index < -0.39 is 18.0 Å². The molecule has 0 unspecified atom stereocenters. The second kappa shape index (κ2) is 5.82. The van der Waals surface area contributed by atoms with E-state index in [0.29, 0.717) is 12.0 Å². The Labute approximate surface area is 95.0 Å². The van der Waals surface area contributed by atoms with Crippen LogP contribution in [0.25, 0.3) is 0 Å². The Morgan fingerprint density at radius 2 is 2.19 bits per heavy atom. The molecule has 0 aliphatic heterocycles. The van der Waals surface area contributed by atoms with Gasteiger partial charge in [0.25, 0.3) is 0 Å². The molecule has 1 aromatic rings. The van der Waals surface area contributed by atoms with E-state index in [1.165, 1.54) is 19.2 Å². The molecule has 0 aliphatic rings. The summed E-state index contributed by atoms with van der Waals surface area (Å²) in [7, 11) is 1.40. The molecule has 0 saturated heterocycles. The number of halogens is 1. The summed E-state index contributed by atoms with van der Waals surface area (Å²) in [6, 6.07) is 3.89. The van der Waals surface area contributed by atoms with Gasteiger partial charge in [-0.2, -0.15) is 0 Å². The maximum Gasteiger partial charge on any atom is 0.165 e. The summed E-state index contributed by atoms with van der Waals surface area (Å²) < 4.78 is 18.0. The number of nitrogens with two attached hydrogens (primary N) is 1. The minimum absolute atomic E-state index is 0.150. The van der Waals surface area contributed by atoms with Crippen LogP contribution >= 0.6 is 0 Å². The number of methoxy groups -OCH3 is 1. The van der Waals surface area contributed by atoms with Gasteiger partial charge in [-0.05, 0) is 24.1 Å². The number of hydrogen-bond acceptors (Lipinski definition) is 3. The molecule has 2 atom stereocenters. The van der Waals surface area contributed by atoms with Crippen LogP contribution < -0.4 is 10.5 Å². The van der Waals surface area contributed by atoms with Gasteiger partial charge in [-0.25, -0.2) is 4.39 Å². The normalized spacial score (nSPS) is 14.6. The molecule has 0 bridgehead atoms. The van der Waals surface area contributed by atoms with Gasteiger partial charge < -0.3 is 15.6 Å². The molecular weight excluding hydrogens is 209 g/mol. The molecule has 0 aliphatic carbocycles. The lowest BCUT2D eigenvalue weighted by Gasteiger charge is -2.19. The highest BCUT2D eigenvalue weighted by Crippen LogP contribution is 2.24. The van der Waals surface area contributed by atoms with Crippen molar-refractivity contribution in [3.05, 3.63) is 29.6 Å². The number of ether oxygens (including phenoxy) is 1. The van der Waals surface area contributed by atoms with Crippen molar-refractivity contribution in [1.82, 2.24) is 0 Å². The van der Waals surface area contributed by atoms with Crippen molar-refractivity contribution in [2.75, 3.05) is 7.11 Å². The zero-order valence-electron chi connectivity index (χ0n) is 9.61. The summed E-state index contributed by atoms with van der Waals surface area (Å²) in [5, 5.41) is 9.74. The summed E-state index contributed by atoms with van der Waals surface area (Å²) in [6.45, 7) is 1.97.